The Morgan fingerprint density at radius 2 is 1.82 bits per heavy atom. The maximum absolute atomic E-state index is 5.66. The van der Waals surface area contributed by atoms with E-state index in [1.165, 1.54) is 6.33 Å². The third kappa shape index (κ3) is 2.09. The SMILES string of the molecule is Clc1ncnc(C(Cl)Cl)c1Cl. The third-order valence-corrected chi connectivity index (χ3v) is 2.15. The molecule has 1 rings (SSSR count). The fraction of sp³-hybridized carbons (Fsp3) is 0.200. The molecule has 0 spiro atoms. The van der Waals surface area contributed by atoms with Crippen molar-refractivity contribution in [1.29, 1.82) is 0 Å². The predicted octanol–water partition coefficient (Wildman–Crippen LogP) is 3.26. The molecule has 0 saturated carbocycles. The summed E-state index contributed by atoms with van der Waals surface area (Å²) in [5, 5.41) is 0.354. The number of alkyl halides is 2. The second-order valence-corrected chi connectivity index (χ2v) is 3.50. The molecule has 0 aromatic carbocycles. The Hall–Kier alpha value is 0.240. The van der Waals surface area contributed by atoms with Crippen molar-refractivity contribution in [2.24, 2.45) is 0 Å². The van der Waals surface area contributed by atoms with Crippen molar-refractivity contribution in [2.75, 3.05) is 0 Å². The molecular formula is C5H2Cl4N2. The van der Waals surface area contributed by atoms with Crippen LogP contribution in [0, 0.1) is 0 Å². The van der Waals surface area contributed by atoms with Gasteiger partial charge in [-0.2, -0.15) is 0 Å². The molecule has 6 heteroatoms. The lowest BCUT2D eigenvalue weighted by Gasteiger charge is -2.02. The number of aromatic nitrogens is 2. The zero-order valence-corrected chi connectivity index (χ0v) is 8.08. The molecule has 0 amide bonds. The van der Waals surface area contributed by atoms with Gasteiger partial charge in [0.2, 0.25) is 0 Å². The monoisotopic (exact) mass is 230 g/mol. The number of hydrogen-bond acceptors (Lipinski definition) is 2. The van der Waals surface area contributed by atoms with Crippen LogP contribution >= 0.6 is 46.4 Å². The predicted molar refractivity (Wildman–Crippen MR) is 46.5 cm³/mol. The second-order valence-electron chi connectivity index (χ2n) is 1.66. The zero-order chi connectivity index (χ0) is 8.43. The first-order chi connectivity index (χ1) is 5.13. The maximum atomic E-state index is 5.66. The summed E-state index contributed by atoms with van der Waals surface area (Å²) < 4.78 is 0. The maximum Gasteiger partial charge on any atom is 0.151 e. The summed E-state index contributed by atoms with van der Waals surface area (Å²) in [5.41, 5.74) is 0.329. The summed E-state index contributed by atoms with van der Waals surface area (Å²) >= 11 is 22.2. The van der Waals surface area contributed by atoms with Crippen LogP contribution in [0.1, 0.15) is 10.5 Å². The molecule has 0 unspecified atom stereocenters. The molecule has 0 N–H and O–H groups in total. The molecule has 1 heterocycles. The van der Waals surface area contributed by atoms with Crippen molar-refractivity contribution in [3.05, 3.63) is 22.2 Å². The van der Waals surface area contributed by atoms with E-state index in [0.29, 0.717) is 5.69 Å². The Kier molecular flexibility index (Phi) is 3.19. The third-order valence-electron chi connectivity index (χ3n) is 0.981. The zero-order valence-electron chi connectivity index (χ0n) is 5.06. The first-order valence-corrected chi connectivity index (χ1v) is 4.20. The molecule has 0 saturated heterocycles. The number of hydrogen-bond donors (Lipinski definition) is 0. The van der Waals surface area contributed by atoms with Crippen LogP contribution in [0.2, 0.25) is 10.2 Å². The molecule has 0 atom stereocenters. The molecule has 0 radical (unpaired) electrons. The minimum atomic E-state index is -0.775. The van der Waals surface area contributed by atoms with Gasteiger partial charge in [-0.25, -0.2) is 9.97 Å². The van der Waals surface area contributed by atoms with Gasteiger partial charge in [0.25, 0.3) is 0 Å². The lowest BCUT2D eigenvalue weighted by Crippen LogP contribution is -1.91. The van der Waals surface area contributed by atoms with E-state index < -0.39 is 4.84 Å². The fourth-order valence-corrected chi connectivity index (χ4v) is 1.30. The Bertz CT molecular complexity index is 263. The molecule has 2 nitrogen and oxygen atoms in total. The average molecular weight is 232 g/mol. The summed E-state index contributed by atoms with van der Waals surface area (Å²) in [6, 6.07) is 0. The summed E-state index contributed by atoms with van der Waals surface area (Å²) in [6.07, 6.45) is 1.25. The number of rotatable bonds is 1. The molecule has 0 bridgehead atoms. The largest absolute Gasteiger partial charge is 0.237 e. The second kappa shape index (κ2) is 3.76. The summed E-state index contributed by atoms with van der Waals surface area (Å²) in [6.45, 7) is 0. The van der Waals surface area contributed by atoms with Crippen molar-refractivity contribution in [3.8, 4) is 0 Å². The van der Waals surface area contributed by atoms with Gasteiger partial charge in [0.05, 0.1) is 5.69 Å². The van der Waals surface area contributed by atoms with Crippen LogP contribution in [0.5, 0.6) is 0 Å². The van der Waals surface area contributed by atoms with Crippen molar-refractivity contribution >= 4 is 46.4 Å². The molecule has 60 valence electrons. The lowest BCUT2D eigenvalue weighted by atomic mass is 10.4. The van der Waals surface area contributed by atoms with Crippen LogP contribution in [-0.2, 0) is 0 Å². The Labute approximate surface area is 83.4 Å². The van der Waals surface area contributed by atoms with E-state index in [1.54, 1.807) is 0 Å². The van der Waals surface area contributed by atoms with Gasteiger partial charge in [-0.15, -0.1) is 0 Å². The van der Waals surface area contributed by atoms with E-state index in [1.807, 2.05) is 0 Å². The molecule has 11 heavy (non-hydrogen) atoms. The Balaban J connectivity index is 3.17. The molecule has 0 fully saturated rings. The van der Waals surface area contributed by atoms with E-state index in [-0.39, 0.29) is 10.2 Å². The van der Waals surface area contributed by atoms with Gasteiger partial charge in [-0.05, 0) is 0 Å². The first kappa shape index (κ1) is 9.33. The van der Waals surface area contributed by atoms with Crippen LogP contribution in [-0.4, -0.2) is 9.97 Å². The minimum Gasteiger partial charge on any atom is -0.237 e. The highest BCUT2D eigenvalue weighted by Crippen LogP contribution is 2.31. The van der Waals surface area contributed by atoms with E-state index in [2.05, 4.69) is 9.97 Å². The molecule has 1 aromatic rings. The van der Waals surface area contributed by atoms with Gasteiger partial charge in [0.15, 0.2) is 9.99 Å². The highest BCUT2D eigenvalue weighted by atomic mass is 35.5. The van der Waals surface area contributed by atoms with Gasteiger partial charge in [-0.1, -0.05) is 46.4 Å². The molecule has 1 aromatic heterocycles. The van der Waals surface area contributed by atoms with Crippen LogP contribution in [0.15, 0.2) is 6.33 Å². The topological polar surface area (TPSA) is 25.8 Å². The quantitative estimate of drug-likeness (QED) is 0.548. The molecule has 0 aliphatic heterocycles. The van der Waals surface area contributed by atoms with Crippen molar-refractivity contribution in [2.45, 2.75) is 4.84 Å². The number of halogens is 4. The highest BCUT2D eigenvalue weighted by Gasteiger charge is 2.12. The lowest BCUT2D eigenvalue weighted by molar-refractivity contribution is 1.07. The van der Waals surface area contributed by atoms with Gasteiger partial charge >= 0.3 is 0 Å². The first-order valence-electron chi connectivity index (χ1n) is 2.57. The average Bonchev–Trinajstić information content (AvgIpc) is 1.94. The van der Waals surface area contributed by atoms with E-state index in [9.17, 15) is 0 Å². The molecule has 0 aliphatic rings. The van der Waals surface area contributed by atoms with Gasteiger partial charge in [0.1, 0.15) is 11.3 Å². The van der Waals surface area contributed by atoms with Crippen molar-refractivity contribution < 1.29 is 0 Å². The normalized spacial score (nSPS) is 10.6. The standard InChI is InChI=1S/C5H2Cl4N2/c6-2-3(4(7)8)10-1-11-5(2)9/h1,4H. The van der Waals surface area contributed by atoms with Crippen LogP contribution in [0.25, 0.3) is 0 Å². The van der Waals surface area contributed by atoms with Gasteiger partial charge in [-0.3, -0.25) is 0 Å². The van der Waals surface area contributed by atoms with Gasteiger partial charge < -0.3 is 0 Å². The van der Waals surface area contributed by atoms with E-state index in [4.69, 9.17) is 46.4 Å². The minimum absolute atomic E-state index is 0.156. The highest BCUT2D eigenvalue weighted by molar-refractivity contribution is 6.47. The van der Waals surface area contributed by atoms with Crippen molar-refractivity contribution in [3.63, 3.8) is 0 Å². The Morgan fingerprint density at radius 3 is 2.27 bits per heavy atom. The fourth-order valence-electron chi connectivity index (χ4n) is 0.513. The van der Waals surface area contributed by atoms with Crippen LogP contribution in [0.4, 0.5) is 0 Å². The summed E-state index contributed by atoms with van der Waals surface area (Å²) in [4.78, 5) is 6.60. The van der Waals surface area contributed by atoms with Gasteiger partial charge in [0, 0.05) is 0 Å². The van der Waals surface area contributed by atoms with Crippen molar-refractivity contribution in [1.82, 2.24) is 9.97 Å². The van der Waals surface area contributed by atoms with E-state index in [0.717, 1.165) is 0 Å². The summed E-state index contributed by atoms with van der Waals surface area (Å²) in [5.74, 6) is 0. The van der Waals surface area contributed by atoms with E-state index >= 15 is 0 Å². The summed E-state index contributed by atoms with van der Waals surface area (Å²) in [7, 11) is 0. The smallest absolute Gasteiger partial charge is 0.151 e. The van der Waals surface area contributed by atoms with Crippen LogP contribution in [0.3, 0.4) is 0 Å². The molecule has 0 aliphatic carbocycles. The number of nitrogens with zero attached hydrogens (tertiary/aromatic N) is 2. The van der Waals surface area contributed by atoms with Crippen LogP contribution < -0.4 is 0 Å². The molecular weight excluding hydrogens is 230 g/mol. The Morgan fingerprint density at radius 1 is 1.18 bits per heavy atom.